The van der Waals surface area contributed by atoms with Crippen molar-refractivity contribution in [2.24, 2.45) is 5.41 Å². The van der Waals surface area contributed by atoms with Crippen molar-refractivity contribution in [1.82, 2.24) is 15.1 Å². The molecule has 1 saturated heterocycles. The van der Waals surface area contributed by atoms with E-state index in [1.165, 1.54) is 12.1 Å². The summed E-state index contributed by atoms with van der Waals surface area (Å²) in [6, 6.07) is 6.11. The van der Waals surface area contributed by atoms with Crippen molar-refractivity contribution in [3.8, 4) is 0 Å². The molecular weight excluding hydrogens is 433 g/mol. The summed E-state index contributed by atoms with van der Waals surface area (Å²) in [6.07, 6.45) is -0.749. The normalized spacial score (nSPS) is 16.6. The average molecular weight is 461 g/mol. The lowest BCUT2D eigenvalue weighted by atomic mass is 9.74. The number of allylic oxidation sites excluding steroid dienone is 1. The van der Waals surface area contributed by atoms with E-state index in [0.29, 0.717) is 5.82 Å². The van der Waals surface area contributed by atoms with Crippen LogP contribution in [0, 0.1) is 18.2 Å². The van der Waals surface area contributed by atoms with Crippen molar-refractivity contribution in [3.63, 3.8) is 0 Å². The number of likely N-dealkylation sites (tertiary alicyclic amines) is 1. The maximum absolute atomic E-state index is 14.4. The third-order valence-electron chi connectivity index (χ3n) is 6.52. The molecule has 1 aliphatic rings. The number of piperidine rings is 1. The van der Waals surface area contributed by atoms with Gasteiger partial charge in [0, 0.05) is 22.4 Å². The van der Waals surface area contributed by atoms with E-state index in [1.54, 1.807) is 11.3 Å². The van der Waals surface area contributed by atoms with Gasteiger partial charge in [-0.1, -0.05) is 31.7 Å². The minimum Gasteiger partial charge on any atom is -0.364 e. The van der Waals surface area contributed by atoms with Crippen molar-refractivity contribution < 1.29 is 13.2 Å². The zero-order chi connectivity index (χ0) is 23.0. The molecule has 170 valence electrons. The average Bonchev–Trinajstić information content (AvgIpc) is 3.22. The molecule has 4 nitrogen and oxygen atoms in total. The Morgan fingerprint density at radius 3 is 2.69 bits per heavy atom. The monoisotopic (exact) mass is 460 g/mol. The number of halogens is 3. The number of hydrogen-bond acceptors (Lipinski definition) is 5. The number of hydrogen-bond donors (Lipinski definition) is 1. The SMILES string of the molecule is C=C(c1cc2c(NCc3cccc(C(F)F)c3F)nnc(C)c2s1)C1(C)CCN(C)CC1. The molecule has 1 N–H and O–H groups in total. The van der Waals surface area contributed by atoms with Gasteiger partial charge in [0.25, 0.3) is 6.43 Å². The molecule has 32 heavy (non-hydrogen) atoms. The Balaban J connectivity index is 1.62. The predicted molar refractivity (Wildman–Crippen MR) is 125 cm³/mol. The van der Waals surface area contributed by atoms with E-state index in [-0.39, 0.29) is 17.5 Å². The van der Waals surface area contributed by atoms with E-state index in [9.17, 15) is 13.2 Å². The van der Waals surface area contributed by atoms with Crippen LogP contribution in [0.1, 0.15) is 47.9 Å². The summed E-state index contributed by atoms with van der Waals surface area (Å²) >= 11 is 1.64. The van der Waals surface area contributed by atoms with E-state index in [2.05, 4.69) is 47.0 Å². The first kappa shape index (κ1) is 22.7. The number of benzene rings is 1. The van der Waals surface area contributed by atoms with Gasteiger partial charge < -0.3 is 10.2 Å². The molecule has 3 heterocycles. The van der Waals surface area contributed by atoms with E-state index in [1.807, 2.05) is 6.92 Å². The van der Waals surface area contributed by atoms with Crippen LogP contribution in [0.5, 0.6) is 0 Å². The second-order valence-corrected chi connectivity index (χ2v) is 9.86. The van der Waals surface area contributed by atoms with Crippen LogP contribution < -0.4 is 5.32 Å². The molecule has 0 spiro atoms. The molecule has 3 aromatic rings. The fourth-order valence-electron chi connectivity index (χ4n) is 4.13. The molecule has 2 aromatic heterocycles. The third-order valence-corrected chi connectivity index (χ3v) is 7.83. The minimum atomic E-state index is -2.85. The largest absolute Gasteiger partial charge is 0.364 e. The number of thiophene rings is 1. The van der Waals surface area contributed by atoms with Crippen molar-refractivity contribution in [3.05, 3.63) is 58.4 Å². The van der Waals surface area contributed by atoms with Crippen LogP contribution in [0.3, 0.4) is 0 Å². The van der Waals surface area contributed by atoms with E-state index < -0.39 is 17.8 Å². The molecule has 0 radical (unpaired) electrons. The Morgan fingerprint density at radius 1 is 1.28 bits per heavy atom. The summed E-state index contributed by atoms with van der Waals surface area (Å²) in [5, 5.41) is 12.5. The van der Waals surface area contributed by atoms with Gasteiger partial charge in [-0.05, 0) is 57.0 Å². The van der Waals surface area contributed by atoms with Crippen molar-refractivity contribution >= 4 is 32.8 Å². The number of anilines is 1. The first-order valence-corrected chi connectivity index (χ1v) is 11.5. The second kappa shape index (κ2) is 8.83. The smallest absolute Gasteiger partial charge is 0.266 e. The van der Waals surface area contributed by atoms with Gasteiger partial charge >= 0.3 is 0 Å². The molecule has 1 aromatic carbocycles. The van der Waals surface area contributed by atoms with Crippen LogP contribution in [0.25, 0.3) is 15.7 Å². The lowest BCUT2D eigenvalue weighted by molar-refractivity contribution is 0.146. The number of alkyl halides is 2. The van der Waals surface area contributed by atoms with Gasteiger partial charge in [-0.25, -0.2) is 13.2 Å². The number of aryl methyl sites for hydroxylation is 1. The maximum atomic E-state index is 14.4. The van der Waals surface area contributed by atoms with Crippen LogP contribution >= 0.6 is 11.3 Å². The molecule has 0 amide bonds. The molecule has 1 aliphatic heterocycles. The summed E-state index contributed by atoms with van der Waals surface area (Å²) in [5.41, 5.74) is 1.54. The molecule has 0 bridgehead atoms. The fraction of sp³-hybridized carbons (Fsp3) is 0.417. The lowest BCUT2D eigenvalue weighted by Crippen LogP contribution is -2.36. The van der Waals surface area contributed by atoms with Crippen molar-refractivity contribution in [1.29, 1.82) is 0 Å². The zero-order valence-corrected chi connectivity index (χ0v) is 19.3. The number of nitrogens with zero attached hydrogens (tertiary/aromatic N) is 3. The molecule has 8 heteroatoms. The topological polar surface area (TPSA) is 41.1 Å². The highest BCUT2D eigenvalue weighted by Gasteiger charge is 2.33. The Bertz CT molecular complexity index is 1150. The highest BCUT2D eigenvalue weighted by Crippen LogP contribution is 2.46. The quantitative estimate of drug-likeness (QED) is 0.460. The van der Waals surface area contributed by atoms with E-state index in [4.69, 9.17) is 0 Å². The minimum absolute atomic E-state index is 0.0363. The van der Waals surface area contributed by atoms with Crippen molar-refractivity contribution in [2.75, 3.05) is 25.5 Å². The lowest BCUT2D eigenvalue weighted by Gasteiger charge is -2.39. The Labute approximate surface area is 190 Å². The summed E-state index contributed by atoms with van der Waals surface area (Å²) in [6.45, 7) is 10.7. The Morgan fingerprint density at radius 2 is 2.00 bits per heavy atom. The molecule has 4 rings (SSSR count). The first-order valence-electron chi connectivity index (χ1n) is 10.6. The van der Waals surface area contributed by atoms with Crippen LogP contribution in [-0.4, -0.2) is 35.2 Å². The highest BCUT2D eigenvalue weighted by molar-refractivity contribution is 7.20. The van der Waals surface area contributed by atoms with Crippen LogP contribution in [-0.2, 0) is 6.54 Å². The summed E-state index contributed by atoms with van der Waals surface area (Å²) < 4.78 is 41.4. The molecule has 1 fully saturated rings. The number of rotatable bonds is 6. The first-order chi connectivity index (χ1) is 15.2. The van der Waals surface area contributed by atoms with Crippen molar-refractivity contribution in [2.45, 2.75) is 39.7 Å². The molecule has 0 unspecified atom stereocenters. The molecule has 0 atom stereocenters. The van der Waals surface area contributed by atoms with Gasteiger partial charge in [-0.3, -0.25) is 0 Å². The summed E-state index contributed by atoms with van der Waals surface area (Å²) in [4.78, 5) is 3.43. The molecular formula is C24H27F3N4S. The summed E-state index contributed by atoms with van der Waals surface area (Å²) in [5.74, 6) is -0.378. The van der Waals surface area contributed by atoms with E-state index in [0.717, 1.165) is 58.2 Å². The second-order valence-electron chi connectivity index (χ2n) is 8.80. The Kier molecular flexibility index (Phi) is 6.27. The number of fused-ring (bicyclic) bond motifs is 1. The zero-order valence-electron chi connectivity index (χ0n) is 18.5. The number of nitrogens with one attached hydrogen (secondary N) is 1. The van der Waals surface area contributed by atoms with Crippen LogP contribution in [0.4, 0.5) is 19.0 Å². The number of aromatic nitrogens is 2. The van der Waals surface area contributed by atoms with Crippen LogP contribution in [0.2, 0.25) is 0 Å². The van der Waals surface area contributed by atoms with Gasteiger partial charge in [-0.2, -0.15) is 5.10 Å². The van der Waals surface area contributed by atoms with Gasteiger partial charge in [0.2, 0.25) is 0 Å². The summed E-state index contributed by atoms with van der Waals surface area (Å²) in [7, 11) is 2.14. The highest BCUT2D eigenvalue weighted by atomic mass is 32.1. The standard InChI is InChI=1S/C24H27F3N4S/c1-14(24(3)8-10-31(4)11-9-24)19-12-18-21(32-19)15(2)29-30-23(18)28-13-16-6-5-7-17(20(16)25)22(26)27/h5-7,12,22H,1,8-11,13H2,2-4H3,(H,28,30). The van der Waals surface area contributed by atoms with E-state index >= 15 is 0 Å². The third kappa shape index (κ3) is 4.26. The van der Waals surface area contributed by atoms with Gasteiger partial charge in [0.15, 0.2) is 5.82 Å². The molecule has 0 saturated carbocycles. The Hall–Kier alpha value is -2.45. The molecule has 0 aliphatic carbocycles. The van der Waals surface area contributed by atoms with Gasteiger partial charge in [0.05, 0.1) is 16.0 Å². The fourth-order valence-corrected chi connectivity index (χ4v) is 5.35. The van der Waals surface area contributed by atoms with Gasteiger partial charge in [0.1, 0.15) is 5.82 Å². The predicted octanol–water partition coefficient (Wildman–Crippen LogP) is 6.43. The van der Waals surface area contributed by atoms with Gasteiger partial charge in [-0.15, -0.1) is 16.4 Å². The van der Waals surface area contributed by atoms with Crippen LogP contribution in [0.15, 0.2) is 30.8 Å². The maximum Gasteiger partial charge on any atom is 0.266 e.